The van der Waals surface area contributed by atoms with E-state index in [0.29, 0.717) is 22.3 Å². The Kier molecular flexibility index (Phi) is 13.9. The van der Waals surface area contributed by atoms with Gasteiger partial charge in [0.1, 0.15) is 22.0 Å². The van der Waals surface area contributed by atoms with E-state index in [9.17, 15) is 41.3 Å². The molecule has 56 heavy (non-hydrogen) atoms. The number of nitrogens with zero attached hydrogens (tertiary/aromatic N) is 6. The van der Waals surface area contributed by atoms with E-state index in [1.54, 1.807) is 49.4 Å². The van der Waals surface area contributed by atoms with Crippen LogP contribution in [0.15, 0.2) is 138 Å². The fraction of sp³-hybridized carbons (Fsp3) is 0.0556. The summed E-state index contributed by atoms with van der Waals surface area (Å²) in [5.74, 6) is -2.19. The number of benzene rings is 6. The van der Waals surface area contributed by atoms with Gasteiger partial charge in [-0.15, -0.1) is 20.5 Å². The third kappa shape index (κ3) is 9.67. The maximum atomic E-state index is 12.6. The topological polar surface area (TPSA) is 275 Å². The number of fused-ring (bicyclic) bond motifs is 1. The fourth-order valence-electron chi connectivity index (χ4n) is 5.36. The molecule has 0 spiro atoms. The van der Waals surface area contributed by atoms with Gasteiger partial charge in [0.15, 0.2) is 5.75 Å². The van der Waals surface area contributed by atoms with Crippen LogP contribution in [0.5, 0.6) is 17.2 Å². The van der Waals surface area contributed by atoms with Crippen LogP contribution in [0.4, 0.5) is 39.8 Å². The Morgan fingerprint density at radius 3 is 1.57 bits per heavy atom. The number of phenols is 1. The van der Waals surface area contributed by atoms with Crippen molar-refractivity contribution >= 4 is 70.8 Å². The Hall–Kier alpha value is -4.60. The number of rotatable bonds is 9. The zero-order valence-corrected chi connectivity index (χ0v) is 35.7. The molecule has 0 fully saturated rings. The Labute approximate surface area is 364 Å². The van der Waals surface area contributed by atoms with Crippen molar-refractivity contribution < 1.29 is 100 Å². The first-order valence-corrected chi connectivity index (χ1v) is 18.5. The smallest absolute Gasteiger partial charge is 0.871 e. The number of aromatic hydroxyl groups is 1. The molecule has 0 saturated heterocycles. The molecule has 16 nitrogen and oxygen atoms in total. The summed E-state index contributed by atoms with van der Waals surface area (Å²) < 4.78 is 65.6. The number of phenolic OH excluding ortho intramolecular Hbond substituents is 1. The van der Waals surface area contributed by atoms with E-state index in [4.69, 9.17) is 5.73 Å². The second-order valence-electron chi connectivity index (χ2n) is 11.8. The van der Waals surface area contributed by atoms with Gasteiger partial charge in [0.2, 0.25) is 0 Å². The first kappa shape index (κ1) is 44.1. The molecule has 0 heterocycles. The van der Waals surface area contributed by atoms with E-state index < -0.39 is 48.1 Å². The van der Waals surface area contributed by atoms with Crippen LogP contribution in [0.25, 0.3) is 21.9 Å². The normalized spacial score (nSPS) is 12.0. The molecule has 0 aliphatic carbocycles. The molecule has 6 aromatic carbocycles. The first-order valence-electron chi connectivity index (χ1n) is 15.6. The molecule has 6 rings (SSSR count). The van der Waals surface area contributed by atoms with Crippen LogP contribution in [0, 0.1) is 13.8 Å². The van der Waals surface area contributed by atoms with E-state index >= 15 is 0 Å². The summed E-state index contributed by atoms with van der Waals surface area (Å²) in [5, 5.41) is 60.5. The van der Waals surface area contributed by atoms with Crippen LogP contribution in [0.3, 0.4) is 0 Å². The van der Waals surface area contributed by atoms with Crippen molar-refractivity contribution in [2.24, 2.45) is 30.7 Å². The van der Waals surface area contributed by atoms with Gasteiger partial charge in [0.25, 0.3) is 20.2 Å². The van der Waals surface area contributed by atoms with Crippen LogP contribution >= 0.6 is 0 Å². The van der Waals surface area contributed by atoms with Crippen LogP contribution in [0.2, 0.25) is 0 Å². The number of nitrogen functional groups attached to an aromatic ring is 1. The summed E-state index contributed by atoms with van der Waals surface area (Å²) in [5.41, 5.74) is 9.28. The SMILES string of the molecule is Cc1cc(-c2ccc(N=Nc3ccc([O-])c(N=Nc4ccc(S(=O)(=O)O)c5ccccc45)c3O)c(C)c2)ccc1N=Nc1cc(S(=O)(=O)O)c([O-])cc1N.[Na+].[Na+]. The van der Waals surface area contributed by atoms with Gasteiger partial charge in [-0.25, -0.2) is 0 Å². The fourth-order valence-corrected chi connectivity index (χ4v) is 6.63. The van der Waals surface area contributed by atoms with Crippen molar-refractivity contribution in [3.8, 4) is 28.4 Å². The van der Waals surface area contributed by atoms with Crippen molar-refractivity contribution in [2.45, 2.75) is 23.6 Å². The van der Waals surface area contributed by atoms with Gasteiger partial charge in [-0.2, -0.15) is 27.1 Å². The van der Waals surface area contributed by atoms with Gasteiger partial charge in [-0.3, -0.25) is 9.11 Å². The molecule has 0 atom stereocenters. The molecule has 5 N–H and O–H groups in total. The second kappa shape index (κ2) is 17.7. The molecule has 274 valence electrons. The average molecular weight is 812 g/mol. The summed E-state index contributed by atoms with van der Waals surface area (Å²) in [7, 11) is -9.30. The quantitative estimate of drug-likeness (QED) is 0.0716. The van der Waals surface area contributed by atoms with Gasteiger partial charge < -0.3 is 21.1 Å². The molecule has 0 radical (unpaired) electrons. The predicted octanol–water partition coefficient (Wildman–Crippen LogP) is 2.31. The van der Waals surface area contributed by atoms with Gasteiger partial charge >= 0.3 is 59.1 Å². The Balaban J connectivity index is 0.00000348. The number of hydrogen-bond acceptors (Lipinski definition) is 14. The van der Waals surface area contributed by atoms with Crippen LogP contribution < -0.4 is 75.1 Å². The third-order valence-electron chi connectivity index (χ3n) is 8.12. The summed E-state index contributed by atoms with van der Waals surface area (Å²) >= 11 is 0. The van der Waals surface area contributed by atoms with E-state index in [1.807, 2.05) is 19.1 Å². The van der Waals surface area contributed by atoms with Gasteiger partial charge in [-0.1, -0.05) is 54.0 Å². The van der Waals surface area contributed by atoms with Crippen molar-refractivity contribution in [1.82, 2.24) is 0 Å². The van der Waals surface area contributed by atoms with Crippen molar-refractivity contribution in [3.05, 3.63) is 108 Å². The summed E-state index contributed by atoms with van der Waals surface area (Å²) in [6, 6.07) is 23.6. The number of azo groups is 3. The molecule has 0 bridgehead atoms. The average Bonchev–Trinajstić information content (AvgIpc) is 3.10. The Morgan fingerprint density at radius 1 is 0.536 bits per heavy atom. The third-order valence-corrected chi connectivity index (χ3v) is 9.91. The van der Waals surface area contributed by atoms with Crippen molar-refractivity contribution in [2.75, 3.05) is 5.73 Å². The minimum absolute atomic E-state index is 0. The maximum absolute atomic E-state index is 12.6. The summed E-state index contributed by atoms with van der Waals surface area (Å²) in [6.45, 7) is 3.60. The molecule has 0 aliphatic rings. The van der Waals surface area contributed by atoms with E-state index in [0.717, 1.165) is 41.0 Å². The van der Waals surface area contributed by atoms with Crippen molar-refractivity contribution in [3.63, 3.8) is 0 Å². The number of aryl methyl sites for hydroxylation is 2. The van der Waals surface area contributed by atoms with Gasteiger partial charge in [0.05, 0.1) is 27.6 Å². The summed E-state index contributed by atoms with van der Waals surface area (Å²) in [4.78, 5) is -1.18. The summed E-state index contributed by atoms with van der Waals surface area (Å²) in [6.07, 6.45) is 0. The molecular formula is C36H27N7Na2O9S2. The molecule has 0 aliphatic heterocycles. The predicted molar refractivity (Wildman–Crippen MR) is 195 cm³/mol. The van der Waals surface area contributed by atoms with Crippen LogP contribution in [0.1, 0.15) is 11.1 Å². The number of hydrogen-bond donors (Lipinski definition) is 4. The second-order valence-corrected chi connectivity index (χ2v) is 14.6. The zero-order chi connectivity index (χ0) is 38.9. The molecular weight excluding hydrogens is 785 g/mol. The Morgan fingerprint density at radius 2 is 1.02 bits per heavy atom. The molecule has 0 unspecified atom stereocenters. The molecule has 20 heteroatoms. The Bertz CT molecular complexity index is 2820. The van der Waals surface area contributed by atoms with E-state index in [2.05, 4.69) is 30.7 Å². The minimum atomic E-state index is -4.78. The van der Waals surface area contributed by atoms with E-state index in [-0.39, 0.29) is 92.1 Å². The van der Waals surface area contributed by atoms with Crippen molar-refractivity contribution in [1.29, 1.82) is 0 Å². The zero-order valence-electron chi connectivity index (χ0n) is 30.1. The van der Waals surface area contributed by atoms with Gasteiger partial charge in [-0.05, 0) is 90.7 Å². The minimum Gasteiger partial charge on any atom is -0.871 e. The number of nitrogens with two attached hydrogens (primary N) is 1. The first-order chi connectivity index (χ1) is 25.5. The van der Waals surface area contributed by atoms with E-state index in [1.165, 1.54) is 18.2 Å². The molecule has 0 amide bonds. The van der Waals surface area contributed by atoms with Crippen LogP contribution in [-0.2, 0) is 20.2 Å². The maximum Gasteiger partial charge on any atom is 1.00 e. The molecule has 6 aromatic rings. The monoisotopic (exact) mass is 811 g/mol. The van der Waals surface area contributed by atoms with Gasteiger partial charge in [0, 0.05) is 10.8 Å². The molecule has 0 aromatic heterocycles. The molecule has 0 saturated carbocycles. The standard InChI is InChI=1S/C36H29N7O9S2.2Na/c1-19-15-21(22-8-10-27(20(2)16-22)39-42-30-18-34(54(50,51)52)32(45)17-25(30)37)7-9-26(19)38-41-29-11-13-31(44)35(36(29)46)43-40-28-12-14-33(53(47,48)49)24-6-4-3-5-23(24)28;;/h3-18,44-46H,37H2,1-2H3,(H,47,48,49)(H,50,51,52);;/q;2*+1/p-2. The van der Waals surface area contributed by atoms with Crippen LogP contribution in [-0.4, -0.2) is 31.0 Å². The number of anilines is 1. The largest absolute Gasteiger partial charge is 1.00 e.